The minimum Gasteiger partial charge on any atom is -0.378 e. The Labute approximate surface area is 187 Å². The van der Waals surface area contributed by atoms with E-state index in [1.54, 1.807) is 0 Å². The third kappa shape index (κ3) is 5.60. The Hall–Kier alpha value is -1.18. The highest BCUT2D eigenvalue weighted by Crippen LogP contribution is 2.36. The molecule has 3 heterocycles. The van der Waals surface area contributed by atoms with Crippen LogP contribution in [0.4, 0.5) is 0 Å². The van der Waals surface area contributed by atoms with Crippen LogP contribution >= 0.6 is 0 Å². The molecule has 0 aromatic carbocycles. The van der Waals surface area contributed by atoms with Crippen LogP contribution in [0.1, 0.15) is 65.2 Å². The molecule has 4 rings (SSSR count). The van der Waals surface area contributed by atoms with Gasteiger partial charge in [-0.05, 0) is 62.8 Å². The van der Waals surface area contributed by atoms with Crippen molar-refractivity contribution in [2.75, 3.05) is 32.8 Å². The highest BCUT2D eigenvalue weighted by Gasteiger charge is 2.42. The molecule has 7 atom stereocenters. The summed E-state index contributed by atoms with van der Waals surface area (Å²) in [7, 11) is 0. The smallest absolute Gasteiger partial charge is 0.237 e. The van der Waals surface area contributed by atoms with Crippen LogP contribution in [0.15, 0.2) is 0 Å². The van der Waals surface area contributed by atoms with Gasteiger partial charge < -0.3 is 25.6 Å². The van der Waals surface area contributed by atoms with Crippen LogP contribution in [0, 0.1) is 17.8 Å². The number of hydrogen-bond donors (Lipinski definition) is 3. The number of carbonyl (C=O) groups excluding carboxylic acids is 2. The molecule has 3 aliphatic heterocycles. The van der Waals surface area contributed by atoms with Gasteiger partial charge in [0.15, 0.2) is 0 Å². The van der Waals surface area contributed by atoms with Gasteiger partial charge in [-0.15, -0.1) is 0 Å². The fourth-order valence-electron chi connectivity index (χ4n) is 6.36. The number of nitrogens with one attached hydrogen (secondary N) is 3. The fourth-order valence-corrected chi connectivity index (χ4v) is 6.36. The van der Waals surface area contributed by atoms with Crippen LogP contribution in [-0.2, 0) is 14.3 Å². The predicted molar refractivity (Wildman–Crippen MR) is 121 cm³/mol. The monoisotopic (exact) mass is 434 g/mol. The van der Waals surface area contributed by atoms with Gasteiger partial charge in [-0.25, -0.2) is 0 Å². The summed E-state index contributed by atoms with van der Waals surface area (Å²) in [6, 6.07) is 0.622. The molecule has 7 nitrogen and oxygen atoms in total. The second-order valence-corrected chi connectivity index (χ2v) is 10.4. The van der Waals surface area contributed by atoms with Gasteiger partial charge in [0.1, 0.15) is 0 Å². The number of nitrogens with zero attached hydrogens (tertiary/aromatic N) is 1. The lowest BCUT2D eigenvalue weighted by atomic mass is 9.78. The van der Waals surface area contributed by atoms with Crippen molar-refractivity contribution in [1.29, 1.82) is 0 Å². The summed E-state index contributed by atoms with van der Waals surface area (Å²) in [5.41, 5.74) is 0. The summed E-state index contributed by atoms with van der Waals surface area (Å²) in [5, 5.41) is 10.7. The van der Waals surface area contributed by atoms with Crippen molar-refractivity contribution in [1.82, 2.24) is 20.9 Å². The van der Waals surface area contributed by atoms with Gasteiger partial charge in [0.2, 0.25) is 11.8 Å². The van der Waals surface area contributed by atoms with E-state index in [2.05, 4.69) is 29.8 Å². The average molecular weight is 435 g/mol. The molecule has 7 unspecified atom stereocenters. The zero-order chi connectivity index (χ0) is 21.8. The highest BCUT2D eigenvalue weighted by atomic mass is 16.5. The molecule has 1 aliphatic carbocycles. The Kier molecular flexibility index (Phi) is 7.88. The first kappa shape index (κ1) is 23.0. The lowest BCUT2D eigenvalue weighted by molar-refractivity contribution is -0.135. The molecular formula is C24H42N4O3. The third-order valence-corrected chi connectivity index (χ3v) is 8.23. The number of fused-ring (bicyclic) bond motifs is 1. The van der Waals surface area contributed by atoms with Gasteiger partial charge in [0.05, 0.1) is 19.3 Å². The second kappa shape index (κ2) is 10.6. The first-order chi connectivity index (χ1) is 15.0. The second-order valence-electron chi connectivity index (χ2n) is 10.4. The van der Waals surface area contributed by atoms with Crippen LogP contribution < -0.4 is 16.0 Å². The van der Waals surface area contributed by atoms with E-state index in [1.807, 2.05) is 4.90 Å². The maximum atomic E-state index is 13.3. The van der Waals surface area contributed by atoms with Crippen molar-refractivity contribution in [3.05, 3.63) is 0 Å². The van der Waals surface area contributed by atoms with Crippen LogP contribution in [0.25, 0.3) is 0 Å². The zero-order valence-corrected chi connectivity index (χ0v) is 19.4. The average Bonchev–Trinajstić information content (AvgIpc) is 3.23. The quantitative estimate of drug-likeness (QED) is 0.592. The van der Waals surface area contributed by atoms with Crippen molar-refractivity contribution < 1.29 is 14.3 Å². The Morgan fingerprint density at radius 1 is 1.10 bits per heavy atom. The van der Waals surface area contributed by atoms with E-state index < -0.39 is 0 Å². The predicted octanol–water partition coefficient (Wildman–Crippen LogP) is 1.67. The molecule has 7 heteroatoms. The SMILES string of the molecule is CC1CCCC2CC(C(=O)NC(CCC(=O)N3CCOCC3)C3NCCCC3C)NC12. The Morgan fingerprint density at radius 3 is 2.61 bits per heavy atom. The minimum atomic E-state index is -0.0908. The summed E-state index contributed by atoms with van der Waals surface area (Å²) in [6.07, 6.45) is 8.27. The van der Waals surface area contributed by atoms with Gasteiger partial charge in [-0.3, -0.25) is 9.59 Å². The van der Waals surface area contributed by atoms with Gasteiger partial charge in [-0.1, -0.05) is 20.3 Å². The molecular weight excluding hydrogens is 392 g/mol. The van der Waals surface area contributed by atoms with E-state index >= 15 is 0 Å². The van der Waals surface area contributed by atoms with E-state index in [1.165, 1.54) is 32.1 Å². The molecule has 3 saturated heterocycles. The molecule has 4 fully saturated rings. The molecule has 0 aromatic heterocycles. The molecule has 31 heavy (non-hydrogen) atoms. The molecule has 4 aliphatic rings. The van der Waals surface area contributed by atoms with Crippen molar-refractivity contribution >= 4 is 11.8 Å². The molecule has 0 bridgehead atoms. The van der Waals surface area contributed by atoms with Crippen molar-refractivity contribution in [2.24, 2.45) is 17.8 Å². The van der Waals surface area contributed by atoms with Crippen LogP contribution in [0.2, 0.25) is 0 Å². The van der Waals surface area contributed by atoms with Crippen LogP contribution in [0.5, 0.6) is 0 Å². The van der Waals surface area contributed by atoms with E-state index in [0.29, 0.717) is 62.9 Å². The number of amides is 2. The van der Waals surface area contributed by atoms with Gasteiger partial charge >= 0.3 is 0 Å². The summed E-state index contributed by atoms with van der Waals surface area (Å²) in [5.74, 6) is 2.10. The van der Waals surface area contributed by atoms with Crippen molar-refractivity contribution in [3.63, 3.8) is 0 Å². The van der Waals surface area contributed by atoms with Gasteiger partial charge in [0.25, 0.3) is 0 Å². The number of piperidine rings is 1. The third-order valence-electron chi connectivity index (χ3n) is 8.23. The molecule has 0 radical (unpaired) electrons. The number of carbonyl (C=O) groups is 2. The summed E-state index contributed by atoms with van der Waals surface area (Å²) >= 11 is 0. The van der Waals surface area contributed by atoms with Gasteiger partial charge in [-0.2, -0.15) is 0 Å². The summed E-state index contributed by atoms with van der Waals surface area (Å²) in [6.45, 7) is 8.19. The maximum Gasteiger partial charge on any atom is 0.237 e. The maximum absolute atomic E-state index is 13.3. The van der Waals surface area contributed by atoms with Crippen LogP contribution in [-0.4, -0.2) is 73.7 Å². The number of hydrogen-bond acceptors (Lipinski definition) is 5. The summed E-state index contributed by atoms with van der Waals surface area (Å²) in [4.78, 5) is 27.9. The molecule has 176 valence electrons. The van der Waals surface area contributed by atoms with Crippen molar-refractivity contribution in [2.45, 2.75) is 89.4 Å². The zero-order valence-electron chi connectivity index (χ0n) is 19.4. The normalized spacial score (nSPS) is 37.2. The van der Waals surface area contributed by atoms with E-state index in [-0.39, 0.29) is 29.9 Å². The highest BCUT2D eigenvalue weighted by molar-refractivity contribution is 5.82. The molecule has 1 saturated carbocycles. The number of ether oxygens (including phenoxy) is 1. The van der Waals surface area contributed by atoms with Gasteiger partial charge in [0, 0.05) is 37.6 Å². The summed E-state index contributed by atoms with van der Waals surface area (Å²) < 4.78 is 5.37. The van der Waals surface area contributed by atoms with E-state index in [4.69, 9.17) is 4.74 Å². The van der Waals surface area contributed by atoms with Crippen molar-refractivity contribution in [3.8, 4) is 0 Å². The standard InChI is InChI=1S/C24H42N4O3/c1-16-5-3-7-18-15-20(26-22(16)18)24(30)27-19(23-17(2)6-4-10-25-23)8-9-21(29)28-11-13-31-14-12-28/h16-20,22-23,25-26H,3-15H2,1-2H3,(H,27,30). The lowest BCUT2D eigenvalue weighted by Gasteiger charge is -2.37. The Balaban J connectivity index is 1.37. The van der Waals surface area contributed by atoms with E-state index in [9.17, 15) is 9.59 Å². The first-order valence-corrected chi connectivity index (χ1v) is 12.7. The first-order valence-electron chi connectivity index (χ1n) is 12.7. The van der Waals surface area contributed by atoms with Crippen LogP contribution in [0.3, 0.4) is 0 Å². The molecule has 2 amide bonds. The number of rotatable bonds is 6. The van der Waals surface area contributed by atoms with E-state index in [0.717, 1.165) is 13.0 Å². The Bertz CT molecular complexity index is 624. The largest absolute Gasteiger partial charge is 0.378 e. The minimum absolute atomic E-state index is 0.00496. The topological polar surface area (TPSA) is 82.7 Å². The number of morpholine rings is 1. The Morgan fingerprint density at radius 2 is 1.87 bits per heavy atom. The lowest BCUT2D eigenvalue weighted by Crippen LogP contribution is -2.58. The molecule has 0 spiro atoms. The molecule has 0 aromatic rings. The fraction of sp³-hybridized carbons (Fsp3) is 0.917. The molecule has 3 N–H and O–H groups in total.